The van der Waals surface area contributed by atoms with E-state index >= 15 is 0 Å². The van der Waals surface area contributed by atoms with Gasteiger partial charge in [-0.1, -0.05) is 6.07 Å². The maximum absolute atomic E-state index is 13.7. The van der Waals surface area contributed by atoms with Crippen molar-refractivity contribution in [1.82, 2.24) is 0 Å². The molecule has 0 saturated heterocycles. The first kappa shape index (κ1) is 14.9. The minimum atomic E-state index is -1.31. The van der Waals surface area contributed by atoms with Gasteiger partial charge in [0.1, 0.15) is 11.4 Å². The second-order valence-corrected chi connectivity index (χ2v) is 4.98. The molecular weight excluding hydrogens is 253 g/mol. The Labute approximate surface area is 110 Å². The summed E-state index contributed by atoms with van der Waals surface area (Å²) in [6.07, 6.45) is -0.819. The maximum Gasteiger partial charge on any atom is 0.414 e. The van der Waals surface area contributed by atoms with Crippen molar-refractivity contribution in [3.05, 3.63) is 29.6 Å². The normalized spacial score (nSPS) is 11.0. The lowest BCUT2D eigenvalue weighted by atomic mass is 10.1. The molecule has 0 aliphatic carbocycles. The van der Waals surface area contributed by atoms with E-state index in [1.165, 1.54) is 19.2 Å². The van der Waals surface area contributed by atoms with Gasteiger partial charge in [0.25, 0.3) is 0 Å². The summed E-state index contributed by atoms with van der Waals surface area (Å²) in [5, 5.41) is 9.01. The molecule has 0 radical (unpaired) electrons. The Hall–Kier alpha value is -2.11. The molecule has 0 aliphatic rings. The van der Waals surface area contributed by atoms with E-state index in [1.807, 2.05) is 0 Å². The van der Waals surface area contributed by atoms with Crippen molar-refractivity contribution in [2.24, 2.45) is 0 Å². The number of aromatic carboxylic acids is 1. The Kier molecular flexibility index (Phi) is 4.14. The van der Waals surface area contributed by atoms with Crippen LogP contribution in [0.25, 0.3) is 0 Å². The summed E-state index contributed by atoms with van der Waals surface area (Å²) in [6.45, 7) is 4.99. The van der Waals surface area contributed by atoms with E-state index in [4.69, 9.17) is 9.84 Å². The van der Waals surface area contributed by atoms with Crippen molar-refractivity contribution in [1.29, 1.82) is 0 Å². The van der Waals surface area contributed by atoms with E-state index in [2.05, 4.69) is 0 Å². The molecular formula is C13H16FNO4. The minimum Gasteiger partial charge on any atom is -0.478 e. The number of hydrogen-bond donors (Lipinski definition) is 1. The van der Waals surface area contributed by atoms with Gasteiger partial charge in [0.05, 0.1) is 11.3 Å². The maximum atomic E-state index is 13.7. The van der Waals surface area contributed by atoms with E-state index < -0.39 is 23.5 Å². The minimum absolute atomic E-state index is 0.298. The number of amides is 1. The van der Waals surface area contributed by atoms with Gasteiger partial charge in [-0.25, -0.2) is 14.0 Å². The van der Waals surface area contributed by atoms with Gasteiger partial charge in [-0.15, -0.1) is 0 Å². The molecule has 0 heterocycles. The van der Waals surface area contributed by atoms with Gasteiger partial charge in [-0.2, -0.15) is 0 Å². The van der Waals surface area contributed by atoms with Crippen molar-refractivity contribution in [2.75, 3.05) is 11.9 Å². The van der Waals surface area contributed by atoms with Crippen LogP contribution in [-0.2, 0) is 4.74 Å². The first-order valence-corrected chi connectivity index (χ1v) is 5.62. The Morgan fingerprint density at radius 3 is 2.37 bits per heavy atom. The van der Waals surface area contributed by atoms with Crippen molar-refractivity contribution in [3.8, 4) is 0 Å². The van der Waals surface area contributed by atoms with Crippen molar-refractivity contribution >= 4 is 17.7 Å². The molecule has 1 amide bonds. The number of benzene rings is 1. The van der Waals surface area contributed by atoms with Crippen LogP contribution in [-0.4, -0.2) is 29.8 Å². The van der Waals surface area contributed by atoms with Gasteiger partial charge in [0, 0.05) is 7.05 Å². The van der Waals surface area contributed by atoms with Gasteiger partial charge in [-0.3, -0.25) is 4.90 Å². The summed E-state index contributed by atoms with van der Waals surface area (Å²) in [7, 11) is 1.26. The van der Waals surface area contributed by atoms with Gasteiger partial charge in [0.15, 0.2) is 0 Å². The molecule has 1 aromatic carbocycles. The SMILES string of the molecule is CN(C(=O)OC(C)(C)C)c1c(F)cccc1C(=O)O. The van der Waals surface area contributed by atoms with E-state index in [0.29, 0.717) is 0 Å². The molecule has 5 nitrogen and oxygen atoms in total. The van der Waals surface area contributed by atoms with Gasteiger partial charge >= 0.3 is 12.1 Å². The van der Waals surface area contributed by atoms with Gasteiger partial charge in [-0.05, 0) is 32.9 Å². The average molecular weight is 269 g/mol. The number of carbonyl (C=O) groups excluding carboxylic acids is 1. The molecule has 0 unspecified atom stereocenters. The molecule has 19 heavy (non-hydrogen) atoms. The number of nitrogens with zero attached hydrogens (tertiary/aromatic N) is 1. The molecule has 1 aromatic rings. The van der Waals surface area contributed by atoms with Gasteiger partial charge in [0.2, 0.25) is 0 Å². The van der Waals surface area contributed by atoms with Crippen LogP contribution in [0.4, 0.5) is 14.9 Å². The summed E-state index contributed by atoms with van der Waals surface area (Å²) in [5.41, 5.74) is -1.36. The van der Waals surface area contributed by atoms with Gasteiger partial charge < -0.3 is 9.84 Å². The van der Waals surface area contributed by atoms with Crippen molar-refractivity contribution < 1.29 is 23.8 Å². The molecule has 0 aliphatic heterocycles. The number of halogens is 1. The fourth-order valence-electron chi connectivity index (χ4n) is 1.45. The molecule has 0 spiro atoms. The molecule has 0 aromatic heterocycles. The Bertz CT molecular complexity index is 508. The predicted octanol–water partition coefficient (Wildman–Crippen LogP) is 2.90. The first-order valence-electron chi connectivity index (χ1n) is 5.62. The molecule has 0 bridgehead atoms. The lowest BCUT2D eigenvalue weighted by Gasteiger charge is -2.25. The second-order valence-electron chi connectivity index (χ2n) is 4.98. The number of hydrogen-bond acceptors (Lipinski definition) is 3. The zero-order chi connectivity index (χ0) is 14.8. The predicted molar refractivity (Wildman–Crippen MR) is 68.0 cm³/mol. The van der Waals surface area contributed by atoms with E-state index in [9.17, 15) is 14.0 Å². The number of carbonyl (C=O) groups is 2. The first-order chi connectivity index (χ1) is 8.63. The lowest BCUT2D eigenvalue weighted by molar-refractivity contribution is 0.0588. The summed E-state index contributed by atoms with van der Waals surface area (Å²) in [6, 6.07) is 3.58. The van der Waals surface area contributed by atoms with E-state index in [0.717, 1.165) is 11.0 Å². The lowest BCUT2D eigenvalue weighted by Crippen LogP contribution is -2.35. The second kappa shape index (κ2) is 5.26. The number of carboxylic acids is 1. The Morgan fingerprint density at radius 1 is 1.32 bits per heavy atom. The third kappa shape index (κ3) is 3.67. The third-order valence-corrected chi connectivity index (χ3v) is 2.22. The molecule has 0 atom stereocenters. The number of rotatable bonds is 2. The van der Waals surface area contributed by atoms with Crippen LogP contribution in [0.5, 0.6) is 0 Å². The topological polar surface area (TPSA) is 66.8 Å². The van der Waals surface area contributed by atoms with Crippen LogP contribution < -0.4 is 4.90 Å². The van der Waals surface area contributed by atoms with Crippen LogP contribution >= 0.6 is 0 Å². The quantitative estimate of drug-likeness (QED) is 0.896. The van der Waals surface area contributed by atoms with Crippen LogP contribution in [0, 0.1) is 5.82 Å². The smallest absolute Gasteiger partial charge is 0.414 e. The Morgan fingerprint density at radius 2 is 1.89 bits per heavy atom. The van der Waals surface area contributed by atoms with E-state index in [-0.39, 0.29) is 11.3 Å². The highest BCUT2D eigenvalue weighted by molar-refractivity contribution is 5.99. The van der Waals surface area contributed by atoms with E-state index in [1.54, 1.807) is 20.8 Å². The Balaban J connectivity index is 3.16. The van der Waals surface area contributed by atoms with Crippen LogP contribution in [0.3, 0.4) is 0 Å². The van der Waals surface area contributed by atoms with Crippen LogP contribution in [0.15, 0.2) is 18.2 Å². The molecule has 1 N–H and O–H groups in total. The molecule has 6 heteroatoms. The summed E-state index contributed by atoms with van der Waals surface area (Å²) < 4.78 is 18.8. The van der Waals surface area contributed by atoms with Crippen molar-refractivity contribution in [3.63, 3.8) is 0 Å². The molecule has 104 valence electrons. The highest BCUT2D eigenvalue weighted by atomic mass is 19.1. The summed E-state index contributed by atoms with van der Waals surface area (Å²) >= 11 is 0. The number of carboxylic acid groups (broad SMARTS) is 1. The fraction of sp³-hybridized carbons (Fsp3) is 0.385. The summed E-state index contributed by atoms with van der Waals surface area (Å²) in [5.74, 6) is -2.11. The number of ether oxygens (including phenoxy) is 1. The highest BCUT2D eigenvalue weighted by Crippen LogP contribution is 2.25. The van der Waals surface area contributed by atoms with Crippen LogP contribution in [0.1, 0.15) is 31.1 Å². The largest absolute Gasteiger partial charge is 0.478 e. The highest BCUT2D eigenvalue weighted by Gasteiger charge is 2.26. The molecule has 0 fully saturated rings. The molecule has 0 saturated carbocycles. The summed E-state index contributed by atoms with van der Waals surface area (Å²) in [4.78, 5) is 23.7. The zero-order valence-corrected chi connectivity index (χ0v) is 11.2. The average Bonchev–Trinajstić information content (AvgIpc) is 2.25. The standard InChI is InChI=1S/C13H16FNO4/c1-13(2,3)19-12(18)15(4)10-8(11(16)17)6-5-7-9(10)14/h5-7H,1-4H3,(H,16,17). The zero-order valence-electron chi connectivity index (χ0n) is 11.2. The third-order valence-electron chi connectivity index (χ3n) is 2.22. The van der Waals surface area contributed by atoms with Crippen molar-refractivity contribution in [2.45, 2.75) is 26.4 Å². The van der Waals surface area contributed by atoms with Crippen LogP contribution in [0.2, 0.25) is 0 Å². The molecule has 1 rings (SSSR count). The number of para-hydroxylation sites is 1. The number of anilines is 1. The monoisotopic (exact) mass is 269 g/mol. The fourth-order valence-corrected chi connectivity index (χ4v) is 1.45.